The van der Waals surface area contributed by atoms with E-state index >= 15 is 0 Å². The highest BCUT2D eigenvalue weighted by Crippen LogP contribution is 2.32. The molecule has 4 nitrogen and oxygen atoms in total. The summed E-state index contributed by atoms with van der Waals surface area (Å²) in [5.74, 6) is -0.0596. The van der Waals surface area contributed by atoms with E-state index in [1.807, 2.05) is 49.6 Å². The van der Waals surface area contributed by atoms with Gasteiger partial charge in [0.25, 0.3) is 0 Å². The van der Waals surface area contributed by atoms with E-state index in [4.69, 9.17) is 9.47 Å². The number of rotatable bonds is 7. The number of hydrogen-bond donors (Lipinski definition) is 1. The zero-order valence-electron chi connectivity index (χ0n) is 12.9. The lowest BCUT2D eigenvalue weighted by Gasteiger charge is -2.16. The molecule has 1 atom stereocenters. The fourth-order valence-corrected chi connectivity index (χ4v) is 3.05. The van der Waals surface area contributed by atoms with Crippen LogP contribution in [0.3, 0.4) is 0 Å². The van der Waals surface area contributed by atoms with Crippen LogP contribution in [0.1, 0.15) is 30.2 Å². The van der Waals surface area contributed by atoms with Crippen LogP contribution in [0.25, 0.3) is 0 Å². The number of hydrogen-bond acceptors (Lipinski definition) is 4. The first-order valence-corrected chi connectivity index (χ1v) is 7.99. The molecule has 2 aromatic rings. The second kappa shape index (κ2) is 7.31. The van der Waals surface area contributed by atoms with Gasteiger partial charge in [-0.1, -0.05) is 12.1 Å². The Labute approximate surface area is 134 Å². The molecule has 0 amide bonds. The molecule has 5 heteroatoms. The highest BCUT2D eigenvalue weighted by atomic mass is 32.1. The van der Waals surface area contributed by atoms with Gasteiger partial charge in [0.1, 0.15) is 0 Å². The highest BCUT2D eigenvalue weighted by Gasteiger charge is 2.22. The Morgan fingerprint density at radius 1 is 1.27 bits per heavy atom. The summed E-state index contributed by atoms with van der Waals surface area (Å²) in [6.45, 7) is 3.88. The van der Waals surface area contributed by atoms with E-state index in [9.17, 15) is 9.90 Å². The SMILES string of the molecule is COc1ccc(CC(C(=O)O)c2cccs2)cc1OC(C)C. The van der Waals surface area contributed by atoms with E-state index in [0.717, 1.165) is 10.4 Å². The van der Waals surface area contributed by atoms with Crippen molar-refractivity contribution in [2.75, 3.05) is 7.11 Å². The van der Waals surface area contributed by atoms with Gasteiger partial charge in [0.05, 0.1) is 19.1 Å². The van der Waals surface area contributed by atoms with Crippen LogP contribution in [0.4, 0.5) is 0 Å². The van der Waals surface area contributed by atoms with Crippen molar-refractivity contribution in [2.45, 2.75) is 32.3 Å². The molecule has 0 bridgehead atoms. The Balaban J connectivity index is 2.26. The monoisotopic (exact) mass is 320 g/mol. The topological polar surface area (TPSA) is 55.8 Å². The minimum absolute atomic E-state index is 0.0247. The number of ether oxygens (including phenoxy) is 2. The molecule has 22 heavy (non-hydrogen) atoms. The number of benzene rings is 1. The van der Waals surface area contributed by atoms with Gasteiger partial charge in [0.15, 0.2) is 11.5 Å². The van der Waals surface area contributed by atoms with Crippen LogP contribution in [0.2, 0.25) is 0 Å². The Hall–Kier alpha value is -2.01. The predicted octanol–water partition coefficient (Wildman–Crippen LogP) is 3.95. The van der Waals surface area contributed by atoms with Crippen molar-refractivity contribution in [3.05, 3.63) is 46.2 Å². The molecule has 1 aromatic heterocycles. The summed E-state index contributed by atoms with van der Waals surface area (Å²) in [4.78, 5) is 12.4. The fourth-order valence-electron chi connectivity index (χ4n) is 2.23. The summed E-state index contributed by atoms with van der Waals surface area (Å²) in [5.41, 5.74) is 0.914. The molecular weight excluding hydrogens is 300 g/mol. The average molecular weight is 320 g/mol. The van der Waals surface area contributed by atoms with Gasteiger partial charge < -0.3 is 14.6 Å². The lowest BCUT2D eigenvalue weighted by atomic mass is 9.97. The maximum Gasteiger partial charge on any atom is 0.312 e. The van der Waals surface area contributed by atoms with Gasteiger partial charge in [-0.15, -0.1) is 11.3 Å². The van der Waals surface area contributed by atoms with Crippen LogP contribution >= 0.6 is 11.3 Å². The van der Waals surface area contributed by atoms with Crippen molar-refractivity contribution in [1.29, 1.82) is 0 Å². The molecule has 0 fully saturated rings. The van der Waals surface area contributed by atoms with Crippen molar-refractivity contribution in [3.63, 3.8) is 0 Å². The molecule has 0 aliphatic carbocycles. The third-order valence-corrected chi connectivity index (χ3v) is 4.20. The van der Waals surface area contributed by atoms with Gasteiger partial charge in [-0.3, -0.25) is 4.79 Å². The quantitative estimate of drug-likeness (QED) is 0.839. The lowest BCUT2D eigenvalue weighted by Crippen LogP contribution is -2.13. The number of thiophene rings is 1. The van der Waals surface area contributed by atoms with Crippen LogP contribution in [0.15, 0.2) is 35.7 Å². The molecule has 0 spiro atoms. The molecule has 1 aromatic carbocycles. The molecule has 0 aliphatic heterocycles. The summed E-state index contributed by atoms with van der Waals surface area (Å²) >= 11 is 1.46. The maximum absolute atomic E-state index is 11.5. The van der Waals surface area contributed by atoms with E-state index in [0.29, 0.717) is 17.9 Å². The summed E-state index contributed by atoms with van der Waals surface area (Å²) in [6, 6.07) is 9.30. The zero-order chi connectivity index (χ0) is 16.1. The van der Waals surface area contributed by atoms with Crippen molar-refractivity contribution >= 4 is 17.3 Å². The van der Waals surface area contributed by atoms with Crippen molar-refractivity contribution in [3.8, 4) is 11.5 Å². The number of aliphatic carboxylic acids is 1. The lowest BCUT2D eigenvalue weighted by molar-refractivity contribution is -0.138. The third-order valence-electron chi connectivity index (χ3n) is 3.22. The van der Waals surface area contributed by atoms with E-state index in [1.165, 1.54) is 11.3 Å². The van der Waals surface area contributed by atoms with E-state index in [2.05, 4.69) is 0 Å². The van der Waals surface area contributed by atoms with Gasteiger partial charge in [-0.25, -0.2) is 0 Å². The molecule has 1 unspecified atom stereocenters. The number of carboxylic acids is 1. The van der Waals surface area contributed by atoms with Crippen LogP contribution in [-0.2, 0) is 11.2 Å². The molecule has 118 valence electrons. The third kappa shape index (κ3) is 4.01. The molecule has 0 saturated heterocycles. The fraction of sp³-hybridized carbons (Fsp3) is 0.353. The molecule has 2 rings (SSSR count). The second-order valence-electron chi connectivity index (χ2n) is 5.26. The number of carbonyl (C=O) groups is 1. The Morgan fingerprint density at radius 2 is 2.05 bits per heavy atom. The van der Waals surface area contributed by atoms with E-state index in [-0.39, 0.29) is 6.10 Å². The van der Waals surface area contributed by atoms with E-state index in [1.54, 1.807) is 7.11 Å². The summed E-state index contributed by atoms with van der Waals surface area (Å²) in [7, 11) is 1.59. The number of carboxylic acid groups (broad SMARTS) is 1. The smallest absolute Gasteiger partial charge is 0.312 e. The minimum Gasteiger partial charge on any atom is -0.493 e. The summed E-state index contributed by atoms with van der Waals surface area (Å²) in [6.07, 6.45) is 0.450. The van der Waals surface area contributed by atoms with Gasteiger partial charge in [0.2, 0.25) is 0 Å². The standard InChI is InChI=1S/C17H20O4S/c1-11(2)21-15-10-12(6-7-14(15)20-3)9-13(17(18)19)16-5-4-8-22-16/h4-8,10-11,13H,9H2,1-3H3,(H,18,19). The van der Waals surface area contributed by atoms with Crippen molar-refractivity contribution < 1.29 is 19.4 Å². The first-order chi connectivity index (χ1) is 10.5. The van der Waals surface area contributed by atoms with Crippen LogP contribution in [0, 0.1) is 0 Å². The molecule has 0 radical (unpaired) electrons. The van der Waals surface area contributed by atoms with Crippen LogP contribution in [0.5, 0.6) is 11.5 Å². The van der Waals surface area contributed by atoms with E-state index < -0.39 is 11.9 Å². The Bertz CT molecular complexity index is 620. The first kappa shape index (κ1) is 16.4. The summed E-state index contributed by atoms with van der Waals surface area (Å²) < 4.78 is 11.0. The molecule has 1 N–H and O–H groups in total. The Morgan fingerprint density at radius 3 is 2.59 bits per heavy atom. The van der Waals surface area contributed by atoms with Crippen molar-refractivity contribution in [2.24, 2.45) is 0 Å². The molecule has 0 saturated carbocycles. The van der Waals surface area contributed by atoms with Crippen LogP contribution < -0.4 is 9.47 Å². The molecular formula is C17H20O4S. The van der Waals surface area contributed by atoms with Gasteiger partial charge in [0, 0.05) is 4.88 Å². The van der Waals surface area contributed by atoms with Crippen LogP contribution in [-0.4, -0.2) is 24.3 Å². The van der Waals surface area contributed by atoms with Gasteiger partial charge >= 0.3 is 5.97 Å². The average Bonchev–Trinajstić information content (AvgIpc) is 2.98. The predicted molar refractivity (Wildman–Crippen MR) is 87.2 cm³/mol. The summed E-state index contributed by atoms with van der Waals surface area (Å²) in [5, 5.41) is 11.4. The normalized spacial score (nSPS) is 12.2. The highest BCUT2D eigenvalue weighted by molar-refractivity contribution is 7.10. The Kier molecular flexibility index (Phi) is 5.44. The maximum atomic E-state index is 11.5. The van der Waals surface area contributed by atoms with Gasteiger partial charge in [-0.2, -0.15) is 0 Å². The first-order valence-electron chi connectivity index (χ1n) is 7.11. The number of methoxy groups -OCH3 is 1. The minimum atomic E-state index is -0.815. The second-order valence-corrected chi connectivity index (χ2v) is 6.24. The zero-order valence-corrected chi connectivity index (χ0v) is 13.7. The van der Waals surface area contributed by atoms with Gasteiger partial charge in [-0.05, 0) is 49.4 Å². The molecule has 0 aliphatic rings. The largest absolute Gasteiger partial charge is 0.493 e. The van der Waals surface area contributed by atoms with Crippen molar-refractivity contribution in [1.82, 2.24) is 0 Å². The molecule has 1 heterocycles.